The van der Waals surface area contributed by atoms with E-state index in [0.717, 1.165) is 11.1 Å². The summed E-state index contributed by atoms with van der Waals surface area (Å²) in [6.45, 7) is 5.42. The summed E-state index contributed by atoms with van der Waals surface area (Å²) in [6, 6.07) is 5.10. The number of nitrogens with two attached hydrogens (primary N) is 1. The largest absolute Gasteiger partial charge is 0.508 e. The standard InChI is InChI=1S/C13H19NO3/c1-8(2)10-6-9(4-5-11(10)15)7-13(3,14)12(16)17/h4-6,8,15H,7,14H2,1-3H3,(H,16,17). The van der Waals surface area contributed by atoms with Gasteiger partial charge in [0.1, 0.15) is 11.3 Å². The van der Waals surface area contributed by atoms with E-state index in [1.54, 1.807) is 12.1 Å². The normalized spacial score (nSPS) is 14.6. The maximum absolute atomic E-state index is 10.9. The average molecular weight is 237 g/mol. The van der Waals surface area contributed by atoms with Crippen LogP contribution in [-0.4, -0.2) is 21.7 Å². The van der Waals surface area contributed by atoms with Crippen LogP contribution in [0.1, 0.15) is 37.8 Å². The van der Waals surface area contributed by atoms with E-state index < -0.39 is 11.5 Å². The Morgan fingerprint density at radius 3 is 2.53 bits per heavy atom. The van der Waals surface area contributed by atoms with Crippen LogP contribution in [0.4, 0.5) is 0 Å². The molecule has 0 aliphatic carbocycles. The number of rotatable bonds is 4. The number of aromatic hydroxyl groups is 1. The second-order valence-corrected chi connectivity index (χ2v) is 4.95. The molecule has 1 unspecified atom stereocenters. The fourth-order valence-corrected chi connectivity index (χ4v) is 1.68. The molecule has 0 amide bonds. The molecule has 94 valence electrons. The Labute approximate surface area is 101 Å². The van der Waals surface area contributed by atoms with E-state index in [1.807, 2.05) is 19.9 Å². The lowest BCUT2D eigenvalue weighted by Crippen LogP contribution is -2.46. The highest BCUT2D eigenvalue weighted by Crippen LogP contribution is 2.27. The first-order valence-electron chi connectivity index (χ1n) is 5.58. The van der Waals surface area contributed by atoms with Crippen molar-refractivity contribution in [2.75, 3.05) is 0 Å². The average Bonchev–Trinajstić information content (AvgIpc) is 2.20. The number of hydrogen-bond acceptors (Lipinski definition) is 3. The van der Waals surface area contributed by atoms with Crippen molar-refractivity contribution in [1.29, 1.82) is 0 Å². The molecule has 4 N–H and O–H groups in total. The van der Waals surface area contributed by atoms with Gasteiger partial charge in [-0.1, -0.05) is 26.0 Å². The maximum atomic E-state index is 10.9. The Bertz CT molecular complexity index is 425. The van der Waals surface area contributed by atoms with Crippen LogP contribution >= 0.6 is 0 Å². The van der Waals surface area contributed by atoms with E-state index >= 15 is 0 Å². The molecule has 0 aromatic heterocycles. The molecule has 4 heteroatoms. The lowest BCUT2D eigenvalue weighted by Gasteiger charge is -2.20. The Hall–Kier alpha value is -1.55. The predicted molar refractivity (Wildman–Crippen MR) is 66.1 cm³/mol. The zero-order valence-corrected chi connectivity index (χ0v) is 10.4. The summed E-state index contributed by atoms with van der Waals surface area (Å²) in [6.07, 6.45) is 0.238. The number of carboxylic acid groups (broad SMARTS) is 1. The molecule has 0 radical (unpaired) electrons. The van der Waals surface area contributed by atoms with Crippen LogP contribution in [0.2, 0.25) is 0 Å². The van der Waals surface area contributed by atoms with E-state index in [1.165, 1.54) is 6.92 Å². The number of aliphatic carboxylic acids is 1. The van der Waals surface area contributed by atoms with Crippen molar-refractivity contribution in [2.45, 2.75) is 38.6 Å². The minimum atomic E-state index is -1.29. The minimum absolute atomic E-state index is 0.184. The van der Waals surface area contributed by atoms with Gasteiger partial charge in [0, 0.05) is 6.42 Å². The van der Waals surface area contributed by atoms with Crippen molar-refractivity contribution in [3.63, 3.8) is 0 Å². The van der Waals surface area contributed by atoms with Crippen molar-refractivity contribution in [1.82, 2.24) is 0 Å². The fraction of sp³-hybridized carbons (Fsp3) is 0.462. The predicted octanol–water partition coefficient (Wildman–Crippen LogP) is 1.86. The highest BCUT2D eigenvalue weighted by atomic mass is 16.4. The monoisotopic (exact) mass is 237 g/mol. The van der Waals surface area contributed by atoms with Crippen LogP contribution in [-0.2, 0) is 11.2 Å². The van der Waals surface area contributed by atoms with E-state index in [9.17, 15) is 9.90 Å². The molecule has 0 bridgehead atoms. The molecular weight excluding hydrogens is 218 g/mol. The van der Waals surface area contributed by atoms with Crippen LogP contribution in [0.5, 0.6) is 5.75 Å². The van der Waals surface area contributed by atoms with Crippen LogP contribution in [0, 0.1) is 0 Å². The van der Waals surface area contributed by atoms with Gasteiger partial charge in [0.15, 0.2) is 0 Å². The molecule has 1 aromatic rings. The van der Waals surface area contributed by atoms with Crippen LogP contribution in [0.3, 0.4) is 0 Å². The van der Waals surface area contributed by atoms with Crippen molar-refractivity contribution < 1.29 is 15.0 Å². The van der Waals surface area contributed by atoms with Gasteiger partial charge in [-0.2, -0.15) is 0 Å². The molecule has 0 aliphatic rings. The molecule has 0 aliphatic heterocycles. The number of carboxylic acids is 1. The lowest BCUT2D eigenvalue weighted by atomic mass is 9.91. The third-order valence-electron chi connectivity index (χ3n) is 2.77. The van der Waals surface area contributed by atoms with Crippen LogP contribution < -0.4 is 5.73 Å². The smallest absolute Gasteiger partial charge is 0.323 e. The number of benzene rings is 1. The number of phenols is 1. The Balaban J connectivity index is 3.01. The van der Waals surface area contributed by atoms with E-state index in [0.29, 0.717) is 0 Å². The summed E-state index contributed by atoms with van der Waals surface area (Å²) in [5.74, 6) is -0.613. The lowest BCUT2D eigenvalue weighted by molar-refractivity contribution is -0.142. The molecule has 1 atom stereocenters. The molecule has 4 nitrogen and oxygen atoms in total. The summed E-state index contributed by atoms with van der Waals surface area (Å²) in [5, 5.41) is 18.6. The Kier molecular flexibility index (Phi) is 3.78. The zero-order chi connectivity index (χ0) is 13.2. The maximum Gasteiger partial charge on any atom is 0.323 e. The second kappa shape index (κ2) is 4.75. The molecule has 0 saturated carbocycles. The fourth-order valence-electron chi connectivity index (χ4n) is 1.68. The van der Waals surface area contributed by atoms with E-state index in [2.05, 4.69) is 0 Å². The van der Waals surface area contributed by atoms with Gasteiger partial charge in [0.25, 0.3) is 0 Å². The summed E-state index contributed by atoms with van der Waals surface area (Å²) >= 11 is 0. The third kappa shape index (κ3) is 3.20. The van der Waals surface area contributed by atoms with Gasteiger partial charge in [-0.15, -0.1) is 0 Å². The number of carbonyl (C=O) groups is 1. The summed E-state index contributed by atoms with van der Waals surface area (Å²) in [5.41, 5.74) is 6.03. The quantitative estimate of drug-likeness (QED) is 0.746. The second-order valence-electron chi connectivity index (χ2n) is 4.95. The number of phenolic OH excluding ortho intramolecular Hbond substituents is 1. The molecule has 1 aromatic carbocycles. The molecule has 0 fully saturated rings. The van der Waals surface area contributed by atoms with Gasteiger partial charge in [-0.3, -0.25) is 4.79 Å². The Morgan fingerprint density at radius 1 is 1.47 bits per heavy atom. The summed E-state index contributed by atoms with van der Waals surface area (Å²) in [7, 11) is 0. The minimum Gasteiger partial charge on any atom is -0.508 e. The topological polar surface area (TPSA) is 83.6 Å². The van der Waals surface area contributed by atoms with Crippen molar-refractivity contribution in [3.8, 4) is 5.75 Å². The highest BCUT2D eigenvalue weighted by Gasteiger charge is 2.28. The molecule has 0 spiro atoms. The van der Waals surface area contributed by atoms with Gasteiger partial charge >= 0.3 is 5.97 Å². The first-order chi connectivity index (χ1) is 7.74. The van der Waals surface area contributed by atoms with Crippen molar-refractivity contribution in [3.05, 3.63) is 29.3 Å². The van der Waals surface area contributed by atoms with Crippen molar-refractivity contribution in [2.24, 2.45) is 5.73 Å². The van der Waals surface area contributed by atoms with Crippen molar-refractivity contribution >= 4 is 5.97 Å². The van der Waals surface area contributed by atoms with Crippen LogP contribution in [0.25, 0.3) is 0 Å². The SMILES string of the molecule is CC(C)c1cc(CC(C)(N)C(=O)O)ccc1O. The highest BCUT2D eigenvalue weighted by molar-refractivity contribution is 5.78. The molecule has 17 heavy (non-hydrogen) atoms. The van der Waals surface area contributed by atoms with Gasteiger partial charge < -0.3 is 15.9 Å². The summed E-state index contributed by atoms with van der Waals surface area (Å²) in [4.78, 5) is 10.9. The van der Waals surface area contributed by atoms with E-state index in [-0.39, 0.29) is 18.1 Å². The number of hydrogen-bond donors (Lipinski definition) is 3. The molecule has 1 rings (SSSR count). The zero-order valence-electron chi connectivity index (χ0n) is 10.4. The van der Waals surface area contributed by atoms with Gasteiger partial charge in [0.05, 0.1) is 0 Å². The first-order valence-corrected chi connectivity index (χ1v) is 5.58. The third-order valence-corrected chi connectivity index (χ3v) is 2.77. The molecule has 0 saturated heterocycles. The molecule has 0 heterocycles. The molecular formula is C13H19NO3. The van der Waals surface area contributed by atoms with E-state index in [4.69, 9.17) is 10.8 Å². The first kappa shape index (κ1) is 13.5. The van der Waals surface area contributed by atoms with Gasteiger partial charge in [-0.25, -0.2) is 0 Å². The van der Waals surface area contributed by atoms with Gasteiger partial charge in [-0.05, 0) is 30.0 Å². The van der Waals surface area contributed by atoms with Crippen LogP contribution in [0.15, 0.2) is 18.2 Å². The van der Waals surface area contributed by atoms with Gasteiger partial charge in [0.2, 0.25) is 0 Å². The summed E-state index contributed by atoms with van der Waals surface area (Å²) < 4.78 is 0. The Morgan fingerprint density at radius 2 is 2.06 bits per heavy atom.